The first kappa shape index (κ1) is 75.9. The molecule has 4 aliphatic heterocycles. The van der Waals surface area contributed by atoms with E-state index in [0.29, 0.717) is 82.5 Å². The Morgan fingerprint density at radius 3 is 2.15 bits per heavy atom. The van der Waals surface area contributed by atoms with E-state index in [9.17, 15) is 43.8 Å². The van der Waals surface area contributed by atoms with Crippen LogP contribution >= 0.6 is 11.6 Å². The van der Waals surface area contributed by atoms with Crippen LogP contribution in [0.1, 0.15) is 116 Å². The number of hydrogen-bond acceptors (Lipinski definition) is 19. The van der Waals surface area contributed by atoms with Crippen molar-refractivity contribution in [2.45, 2.75) is 161 Å². The Hall–Kier alpha value is -7.46. The number of aromatic nitrogens is 3. The average Bonchev–Trinajstić information content (AvgIpc) is 1.56. The second-order valence-corrected chi connectivity index (χ2v) is 24.8. The predicted octanol–water partition coefficient (Wildman–Crippen LogP) is 7.85. The van der Waals surface area contributed by atoms with Crippen LogP contribution in [-0.4, -0.2) is 206 Å². The highest BCUT2D eigenvalue weighted by atomic mass is 35.5. The molecular weight excluding hydrogens is 1260 g/mol. The lowest BCUT2D eigenvalue weighted by molar-refractivity contribution is -0.162. The number of ether oxygens (including phenoxy) is 8. The molecule has 3 aromatic carbocycles. The minimum atomic E-state index is -1.89. The maximum atomic E-state index is 14.4. The van der Waals surface area contributed by atoms with Gasteiger partial charge in [0, 0.05) is 90.4 Å². The van der Waals surface area contributed by atoms with Crippen molar-refractivity contribution in [3.05, 3.63) is 106 Å². The van der Waals surface area contributed by atoms with Gasteiger partial charge in [0.05, 0.1) is 94.9 Å². The molecule has 4 bridgehead atoms. The maximum absolute atomic E-state index is 14.4. The number of ketones is 1. The van der Waals surface area contributed by atoms with Crippen molar-refractivity contribution in [1.82, 2.24) is 30.5 Å². The number of aromatic amines is 1. The number of methoxy groups -OCH3 is 1. The number of Topliss-reactive ketones (excluding diaryl/α,β-unsaturated/α-hetero) is 1. The fourth-order valence-electron chi connectivity index (χ4n) is 11.9. The Morgan fingerprint density at radius 1 is 0.833 bits per heavy atom. The summed E-state index contributed by atoms with van der Waals surface area (Å²) >= 11 is 6.80. The van der Waals surface area contributed by atoms with Crippen LogP contribution in [-0.2, 0) is 86.2 Å². The number of esters is 1. The molecule has 0 unspecified atom stereocenters. The highest BCUT2D eigenvalue weighted by Gasteiger charge is 2.64. The van der Waals surface area contributed by atoms with Gasteiger partial charge in [-0.2, -0.15) is 15.4 Å². The molecule has 0 spiro atoms. The van der Waals surface area contributed by atoms with E-state index in [0.717, 1.165) is 39.2 Å². The molecule has 2 fully saturated rings. The van der Waals surface area contributed by atoms with Crippen molar-refractivity contribution in [2.75, 3.05) is 97.5 Å². The number of halogens is 1. The molecule has 8 rings (SSSR count). The molecule has 0 saturated carbocycles. The highest BCUT2D eigenvalue weighted by Crippen LogP contribution is 2.49. The van der Waals surface area contributed by atoms with Crippen molar-refractivity contribution < 1.29 is 81.7 Å². The summed E-state index contributed by atoms with van der Waals surface area (Å²) in [7, 11) is 6.03. The number of alkyl carbamates (subject to hydrolysis) is 1. The van der Waals surface area contributed by atoms with E-state index in [1.165, 1.54) is 42.8 Å². The summed E-state index contributed by atoms with van der Waals surface area (Å²) in [5.41, 5.74) is 3.93. The minimum absolute atomic E-state index is 0.0183. The van der Waals surface area contributed by atoms with Gasteiger partial charge in [0.15, 0.2) is 5.72 Å². The molecule has 96 heavy (non-hydrogen) atoms. The van der Waals surface area contributed by atoms with Gasteiger partial charge in [-0.3, -0.25) is 29.3 Å². The number of allylic oxidation sites excluding steroid dienone is 3. The molecule has 26 heteroatoms. The lowest BCUT2D eigenvalue weighted by atomic mass is 9.83. The number of amides is 5. The number of carbonyl (C=O) groups is 7. The topological polar surface area (TPSA) is 304 Å². The first-order valence-electron chi connectivity index (χ1n) is 32.9. The SMILES string of the molecule is CC.CO[C@@H]1/C=C/C=C(/C)Cc2cc(CO)c(Cl)c(c2)N(C)C(=O)C[C@H](OC(=O)[C@H](C)N(C)C(=O)CCCC(=O)N(C)CCOCCOCCOCCOCCC(=O)CCCC(=O)N2Cc3ccccc3-c3n[nH]nc3-c3ccccc32)[C@]2(C)O[C@H]2[C@H](C)[C@@H]2C[C@@]1(O)NC(=O)O2. The molecule has 25 nitrogen and oxygen atoms in total. The quantitative estimate of drug-likeness (QED) is 0.0239. The molecule has 5 heterocycles. The van der Waals surface area contributed by atoms with Crippen molar-refractivity contribution in [3.8, 4) is 22.5 Å². The fourth-order valence-corrected chi connectivity index (χ4v) is 12.2. The maximum Gasteiger partial charge on any atom is 0.409 e. The molecule has 524 valence electrons. The van der Waals surface area contributed by atoms with E-state index >= 15 is 0 Å². The zero-order chi connectivity index (χ0) is 69.7. The number of benzene rings is 3. The molecule has 0 aliphatic carbocycles. The van der Waals surface area contributed by atoms with Gasteiger partial charge in [0.2, 0.25) is 23.6 Å². The van der Waals surface area contributed by atoms with Crippen molar-refractivity contribution in [2.24, 2.45) is 5.92 Å². The van der Waals surface area contributed by atoms with E-state index in [2.05, 4.69) is 20.7 Å². The van der Waals surface area contributed by atoms with Gasteiger partial charge in [-0.25, -0.2) is 9.59 Å². The molecule has 4 aliphatic rings. The number of fused-ring (bicyclic) bond motifs is 10. The summed E-state index contributed by atoms with van der Waals surface area (Å²) in [5.74, 6) is -2.62. The van der Waals surface area contributed by atoms with Crippen LogP contribution in [0, 0.1) is 5.92 Å². The van der Waals surface area contributed by atoms with Gasteiger partial charge in [-0.1, -0.05) is 105 Å². The average molecular weight is 1360 g/mol. The van der Waals surface area contributed by atoms with Gasteiger partial charge >= 0.3 is 12.1 Å². The number of hydrogen-bond donors (Lipinski definition) is 4. The lowest BCUT2D eigenvalue weighted by Gasteiger charge is -2.42. The number of aliphatic hydroxyl groups is 2. The number of anilines is 2. The number of nitrogens with zero attached hydrogens (tertiary/aromatic N) is 6. The molecule has 8 atom stereocenters. The summed E-state index contributed by atoms with van der Waals surface area (Å²) in [6.45, 7) is 13.5. The predicted molar refractivity (Wildman–Crippen MR) is 358 cm³/mol. The molecular formula is C70H95ClN8O17. The summed E-state index contributed by atoms with van der Waals surface area (Å²) in [6.07, 6.45) is 1.59. The first-order valence-corrected chi connectivity index (χ1v) is 33.3. The normalized spacial score (nSPS) is 22.7. The molecule has 5 amide bonds. The minimum Gasteiger partial charge on any atom is -0.457 e. The van der Waals surface area contributed by atoms with Crippen LogP contribution in [0.5, 0.6) is 0 Å². The fraction of sp³-hybridized carbons (Fsp3) is 0.557. The van der Waals surface area contributed by atoms with Crippen LogP contribution in [0.4, 0.5) is 16.2 Å². The van der Waals surface area contributed by atoms with Gasteiger partial charge in [-0.15, -0.1) is 0 Å². The van der Waals surface area contributed by atoms with Gasteiger partial charge in [0.1, 0.15) is 47.1 Å². The third-order valence-electron chi connectivity index (χ3n) is 17.7. The van der Waals surface area contributed by atoms with E-state index in [4.69, 9.17) is 49.5 Å². The molecule has 4 aromatic rings. The summed E-state index contributed by atoms with van der Waals surface area (Å²) in [6, 6.07) is 17.8. The number of nitrogens with one attached hydrogen (secondary N) is 2. The zero-order valence-electron chi connectivity index (χ0n) is 56.9. The zero-order valence-corrected chi connectivity index (χ0v) is 57.7. The Balaban J connectivity index is 0.00000644. The lowest BCUT2D eigenvalue weighted by Crippen LogP contribution is -2.63. The molecule has 4 N–H and O–H groups in total. The summed E-state index contributed by atoms with van der Waals surface area (Å²) in [5, 5.41) is 36.4. The number of para-hydroxylation sites is 1. The van der Waals surface area contributed by atoms with Gasteiger partial charge < -0.3 is 67.7 Å². The number of aliphatic hydroxyl groups excluding tert-OH is 1. The number of rotatable bonds is 28. The monoisotopic (exact) mass is 1350 g/mol. The Morgan fingerprint density at radius 2 is 1.46 bits per heavy atom. The third kappa shape index (κ3) is 19.9. The second kappa shape index (κ2) is 36.2. The van der Waals surface area contributed by atoms with E-state index in [1.807, 2.05) is 75.4 Å². The number of epoxide rings is 1. The molecule has 2 saturated heterocycles. The second-order valence-electron chi connectivity index (χ2n) is 24.5. The number of carbonyl (C=O) groups excluding carboxylic acids is 7. The Bertz CT molecular complexity index is 3380. The van der Waals surface area contributed by atoms with Crippen LogP contribution in [0.15, 0.2) is 84.5 Å². The van der Waals surface area contributed by atoms with E-state index in [-0.39, 0.29) is 80.8 Å². The Kier molecular flexibility index (Phi) is 28.6. The first-order chi connectivity index (χ1) is 46.1. The van der Waals surface area contributed by atoms with Crippen LogP contribution < -0.4 is 15.1 Å². The highest BCUT2D eigenvalue weighted by molar-refractivity contribution is 6.34. The van der Waals surface area contributed by atoms with Crippen LogP contribution in [0.25, 0.3) is 22.5 Å². The third-order valence-corrected chi connectivity index (χ3v) is 18.2. The van der Waals surface area contributed by atoms with E-state index < -0.39 is 84.6 Å². The number of likely N-dealkylation sites (N-methyl/N-ethyl adjacent to an activating group) is 2. The van der Waals surface area contributed by atoms with Crippen molar-refractivity contribution >= 4 is 64.5 Å². The smallest absolute Gasteiger partial charge is 0.409 e. The Labute approximate surface area is 567 Å². The largest absolute Gasteiger partial charge is 0.457 e. The standard InChI is InChI=1S/C68H89ClN8O17.C2H6/c1-43-16-13-22-55(87-8)68(86)40-54(92-66(85)70-68)44(2)64-67(4,94-64)56(39-60(83)76(7)53-38-46(36-43)37-48(42-78)61(53)69)93-65(84)45(3)75(6)58(81)24-15-23-57(80)74(5)27-29-89-31-33-91-35-34-90-32-30-88-28-26-49(79)18-14-25-59(82)77-41-47-17-9-10-19-50(47)62-63(72-73-71-62)51-20-11-12-21-52(51)77;1-2/h9-13,16-17,19-22,37-38,44-45,54-56,64,78,86H,14-15,18,23-36,39-42H2,1-8H3,(H,70,85)(H,71,72,73);1-2H3/b22-13+,43-16-;/t44-,45+,54+,55-,56+,64+,67+,68+;/m1./s1. The van der Waals surface area contributed by atoms with Crippen LogP contribution in [0.2, 0.25) is 5.02 Å². The van der Waals surface area contributed by atoms with Crippen LogP contribution in [0.3, 0.4) is 0 Å². The summed E-state index contributed by atoms with van der Waals surface area (Å²) in [4.78, 5) is 100. The molecule has 1 aromatic heterocycles. The summed E-state index contributed by atoms with van der Waals surface area (Å²) < 4.78 is 46.3. The van der Waals surface area contributed by atoms with Gasteiger partial charge in [0.25, 0.3) is 0 Å². The number of H-pyrrole nitrogens is 1. The van der Waals surface area contributed by atoms with Crippen molar-refractivity contribution in [3.63, 3.8) is 0 Å². The molecule has 0 radical (unpaired) electrons. The van der Waals surface area contributed by atoms with E-state index in [1.54, 1.807) is 50.1 Å². The van der Waals surface area contributed by atoms with Crippen molar-refractivity contribution in [1.29, 1.82) is 0 Å². The van der Waals surface area contributed by atoms with Gasteiger partial charge in [-0.05, 0) is 68.9 Å².